The van der Waals surface area contributed by atoms with Crippen molar-refractivity contribution in [3.05, 3.63) is 0 Å². The SMILES string of the molecule is NC[C@H](O)C(=O)N[C@@H]1C[C@H](N)C(O[C@H]2O[C@H](CNCC(N)CO)[C@@H](O)[C@H](O)[C@H]2O)[C@H](O)[C@H]1O[C@H]1O[C@H](CO)[C@@H](O)[C@H](N)[C@H]1O. The highest BCUT2D eigenvalue weighted by atomic mass is 16.7. The van der Waals surface area contributed by atoms with Gasteiger partial charge in [0.2, 0.25) is 5.91 Å². The molecule has 0 aromatic heterocycles. The summed E-state index contributed by atoms with van der Waals surface area (Å²) in [6, 6.07) is -4.17. The lowest BCUT2D eigenvalue weighted by molar-refractivity contribution is -0.333. The van der Waals surface area contributed by atoms with Gasteiger partial charge >= 0.3 is 0 Å². The maximum atomic E-state index is 12.5. The summed E-state index contributed by atoms with van der Waals surface area (Å²) >= 11 is 0. The van der Waals surface area contributed by atoms with Gasteiger partial charge in [0.05, 0.1) is 25.3 Å². The molecule has 0 spiro atoms. The lowest BCUT2D eigenvalue weighted by Crippen LogP contribution is -2.69. The Morgan fingerprint density at radius 2 is 1.48 bits per heavy atom. The van der Waals surface area contributed by atoms with Gasteiger partial charge in [-0.05, 0) is 6.42 Å². The van der Waals surface area contributed by atoms with Crippen molar-refractivity contribution in [2.24, 2.45) is 22.9 Å². The van der Waals surface area contributed by atoms with Crippen molar-refractivity contribution in [2.45, 2.75) is 110 Å². The summed E-state index contributed by atoms with van der Waals surface area (Å²) in [4.78, 5) is 12.5. The van der Waals surface area contributed by atoms with Crippen LogP contribution in [0.25, 0.3) is 0 Å². The Morgan fingerprint density at radius 3 is 2.09 bits per heavy atom. The van der Waals surface area contributed by atoms with Crippen LogP contribution in [-0.4, -0.2) is 189 Å². The van der Waals surface area contributed by atoms with Crippen LogP contribution in [0.5, 0.6) is 0 Å². The van der Waals surface area contributed by atoms with Crippen molar-refractivity contribution in [1.82, 2.24) is 10.6 Å². The summed E-state index contributed by atoms with van der Waals surface area (Å²) < 4.78 is 22.8. The van der Waals surface area contributed by atoms with Gasteiger partial charge < -0.3 is 98.5 Å². The highest BCUT2D eigenvalue weighted by Gasteiger charge is 2.52. The molecule has 258 valence electrons. The van der Waals surface area contributed by atoms with Crippen molar-refractivity contribution in [1.29, 1.82) is 0 Å². The predicted molar refractivity (Wildman–Crippen MR) is 146 cm³/mol. The van der Waals surface area contributed by atoms with E-state index in [1.165, 1.54) is 0 Å². The molecule has 0 radical (unpaired) electrons. The van der Waals surface area contributed by atoms with Crippen molar-refractivity contribution >= 4 is 5.91 Å². The minimum atomic E-state index is -1.80. The van der Waals surface area contributed by atoms with Gasteiger partial charge in [0.1, 0.15) is 67.1 Å². The van der Waals surface area contributed by atoms with E-state index in [4.69, 9.17) is 47.0 Å². The molecular formula is C24H48N6O14. The third kappa shape index (κ3) is 8.56. The first kappa shape index (κ1) is 37.2. The Bertz CT molecular complexity index is 898. The van der Waals surface area contributed by atoms with E-state index in [9.17, 15) is 45.6 Å². The molecule has 1 amide bonds. The van der Waals surface area contributed by atoms with Crippen molar-refractivity contribution < 1.29 is 69.7 Å². The second kappa shape index (κ2) is 16.5. The first-order valence-corrected chi connectivity index (χ1v) is 14.3. The number of hydrogen-bond acceptors (Lipinski definition) is 19. The highest BCUT2D eigenvalue weighted by molar-refractivity contribution is 5.81. The summed E-state index contributed by atoms with van der Waals surface area (Å²) in [6.45, 7) is -1.36. The number of ether oxygens (including phenoxy) is 4. The molecule has 19 N–H and O–H groups in total. The molecule has 3 rings (SSSR count). The zero-order valence-corrected chi connectivity index (χ0v) is 23.9. The van der Waals surface area contributed by atoms with Crippen LogP contribution in [0.2, 0.25) is 0 Å². The van der Waals surface area contributed by atoms with E-state index < -0.39 is 123 Å². The zero-order chi connectivity index (χ0) is 32.9. The number of nitrogens with two attached hydrogens (primary N) is 4. The van der Waals surface area contributed by atoms with Gasteiger partial charge in [-0.3, -0.25) is 4.79 Å². The van der Waals surface area contributed by atoms with Crippen LogP contribution in [0, 0.1) is 0 Å². The minimum Gasteiger partial charge on any atom is -0.395 e. The van der Waals surface area contributed by atoms with Crippen LogP contribution in [0.3, 0.4) is 0 Å². The van der Waals surface area contributed by atoms with Gasteiger partial charge in [0.25, 0.3) is 0 Å². The quantitative estimate of drug-likeness (QED) is 0.0884. The van der Waals surface area contributed by atoms with Crippen molar-refractivity contribution in [2.75, 3.05) is 32.8 Å². The number of hydrogen-bond donors (Lipinski definition) is 15. The Hall–Kier alpha value is -1.25. The smallest absolute Gasteiger partial charge is 0.250 e. The predicted octanol–water partition coefficient (Wildman–Crippen LogP) is -9.86. The van der Waals surface area contributed by atoms with Crippen LogP contribution < -0.4 is 33.6 Å². The monoisotopic (exact) mass is 644 g/mol. The van der Waals surface area contributed by atoms with E-state index in [0.717, 1.165) is 0 Å². The van der Waals surface area contributed by atoms with Crippen molar-refractivity contribution in [3.8, 4) is 0 Å². The molecule has 2 aliphatic heterocycles. The second-order valence-electron chi connectivity index (χ2n) is 11.4. The Morgan fingerprint density at radius 1 is 0.864 bits per heavy atom. The van der Waals surface area contributed by atoms with Gasteiger partial charge in [-0.15, -0.1) is 0 Å². The molecule has 0 aromatic carbocycles. The first-order valence-electron chi connectivity index (χ1n) is 14.3. The van der Waals surface area contributed by atoms with Gasteiger partial charge in [0, 0.05) is 31.7 Å². The maximum absolute atomic E-state index is 12.5. The number of nitrogens with one attached hydrogen (secondary N) is 2. The number of carbonyl (C=O) groups is 1. The number of aliphatic hydroxyl groups is 9. The standard InChI is InChI=1S/C24H48N6O14/c25-2-10(33)22(40)30-9-1-8(27)20(19(39)21(9)44-23-16(36)13(28)14(34)12(6-32)42-23)43-24-18(38)17(37)15(35)11(41-24)4-29-3-7(26)5-31/h7-21,23-24,29,31-39H,1-6,25-28H2,(H,30,40)/t7?,8-,9+,10-,11+,12+,13-,14+,15+,16+,17-,18+,19-,20?,21-,23+,24+/m0/s1. The molecule has 17 atom stereocenters. The molecule has 2 saturated heterocycles. The minimum absolute atomic E-state index is 0.0733. The van der Waals surface area contributed by atoms with Crippen LogP contribution >= 0.6 is 0 Å². The lowest BCUT2D eigenvalue weighted by Gasteiger charge is -2.49. The number of amides is 1. The molecule has 20 nitrogen and oxygen atoms in total. The topological polar surface area (TPSA) is 364 Å². The number of carbonyl (C=O) groups excluding carboxylic acids is 1. The average molecular weight is 645 g/mol. The van der Waals surface area contributed by atoms with Crippen LogP contribution in [0.15, 0.2) is 0 Å². The van der Waals surface area contributed by atoms with Crippen LogP contribution in [0.4, 0.5) is 0 Å². The third-order valence-electron chi connectivity index (χ3n) is 8.05. The molecule has 20 heteroatoms. The average Bonchev–Trinajstić information content (AvgIpc) is 3.00. The van der Waals surface area contributed by atoms with Crippen LogP contribution in [0.1, 0.15) is 6.42 Å². The van der Waals surface area contributed by atoms with Gasteiger partial charge in [-0.1, -0.05) is 0 Å². The summed E-state index contributed by atoms with van der Waals surface area (Å²) in [7, 11) is 0. The van der Waals surface area contributed by atoms with Gasteiger partial charge in [-0.2, -0.15) is 0 Å². The molecule has 3 fully saturated rings. The molecule has 2 heterocycles. The molecular weight excluding hydrogens is 596 g/mol. The van der Waals surface area contributed by atoms with E-state index in [2.05, 4.69) is 10.6 Å². The van der Waals surface area contributed by atoms with Gasteiger partial charge in [0.15, 0.2) is 12.6 Å². The van der Waals surface area contributed by atoms with Crippen LogP contribution in [-0.2, 0) is 23.7 Å². The van der Waals surface area contributed by atoms with Gasteiger partial charge in [-0.25, -0.2) is 0 Å². The lowest BCUT2D eigenvalue weighted by atomic mass is 9.83. The zero-order valence-electron chi connectivity index (χ0n) is 23.9. The Kier molecular flexibility index (Phi) is 14.0. The Balaban J connectivity index is 1.81. The fourth-order valence-electron chi connectivity index (χ4n) is 5.33. The summed E-state index contributed by atoms with van der Waals surface area (Å²) in [5, 5.41) is 97.6. The molecule has 0 bridgehead atoms. The summed E-state index contributed by atoms with van der Waals surface area (Å²) in [6.07, 6.45) is -20.3. The largest absolute Gasteiger partial charge is 0.395 e. The summed E-state index contributed by atoms with van der Waals surface area (Å²) in [5.41, 5.74) is 23.2. The number of aliphatic hydroxyl groups excluding tert-OH is 9. The first-order chi connectivity index (χ1) is 20.7. The molecule has 44 heavy (non-hydrogen) atoms. The normalized spacial score (nSPS) is 44.6. The van der Waals surface area contributed by atoms with E-state index in [0.29, 0.717) is 0 Å². The Labute approximate surface area is 252 Å². The molecule has 2 unspecified atom stereocenters. The van der Waals surface area contributed by atoms with E-state index in [1.807, 2.05) is 0 Å². The molecule has 1 aliphatic carbocycles. The maximum Gasteiger partial charge on any atom is 0.250 e. The summed E-state index contributed by atoms with van der Waals surface area (Å²) in [5.74, 6) is -0.922. The molecule has 3 aliphatic rings. The fraction of sp³-hybridized carbons (Fsp3) is 0.958. The van der Waals surface area contributed by atoms with E-state index in [1.54, 1.807) is 0 Å². The number of rotatable bonds is 13. The fourth-order valence-corrected chi connectivity index (χ4v) is 5.33. The highest BCUT2D eigenvalue weighted by Crippen LogP contribution is 2.32. The van der Waals surface area contributed by atoms with E-state index in [-0.39, 0.29) is 26.1 Å². The molecule has 1 saturated carbocycles. The van der Waals surface area contributed by atoms with E-state index >= 15 is 0 Å². The third-order valence-corrected chi connectivity index (χ3v) is 8.05. The van der Waals surface area contributed by atoms with Crippen molar-refractivity contribution in [3.63, 3.8) is 0 Å². The second-order valence-corrected chi connectivity index (χ2v) is 11.4. The molecule has 0 aromatic rings.